The van der Waals surface area contributed by atoms with Crippen LogP contribution in [0.15, 0.2) is 67.3 Å². The van der Waals surface area contributed by atoms with Gasteiger partial charge in [0.15, 0.2) is 0 Å². The van der Waals surface area contributed by atoms with Crippen LogP contribution in [-0.4, -0.2) is 84.6 Å². The minimum atomic E-state index is -3.90. The third-order valence-electron chi connectivity index (χ3n) is 11.0. The molecule has 0 bridgehead atoms. The summed E-state index contributed by atoms with van der Waals surface area (Å²) in [4.78, 5) is 62.1. The first kappa shape index (κ1) is 38.3. The molecule has 7 rings (SSSR count). The maximum atomic E-state index is 14.6. The van der Waals surface area contributed by atoms with E-state index in [0.29, 0.717) is 53.3 Å². The van der Waals surface area contributed by atoms with Gasteiger partial charge in [-0.15, -0.1) is 6.58 Å². The van der Waals surface area contributed by atoms with Crippen molar-refractivity contribution >= 4 is 44.6 Å². The molecule has 14 heteroatoms. The molecule has 3 N–H and O–H groups in total. The molecule has 3 aliphatic carbocycles. The number of rotatable bonds is 14. The molecular weight excluding hydrogens is 723 g/mol. The number of aromatic nitrogens is 1. The Bertz CT molecular complexity index is 2130. The van der Waals surface area contributed by atoms with E-state index in [9.17, 15) is 27.6 Å². The Kier molecular flexibility index (Phi) is 10.2. The van der Waals surface area contributed by atoms with E-state index in [1.807, 2.05) is 69.3 Å². The fourth-order valence-electron chi connectivity index (χ4n) is 7.35. The van der Waals surface area contributed by atoms with Gasteiger partial charge in [-0.25, -0.2) is 13.4 Å². The van der Waals surface area contributed by atoms with Crippen molar-refractivity contribution in [1.29, 1.82) is 0 Å². The van der Waals surface area contributed by atoms with Gasteiger partial charge in [-0.3, -0.25) is 23.9 Å². The largest absolute Gasteiger partial charge is 0.497 e. The minimum Gasteiger partial charge on any atom is -0.497 e. The molecule has 0 spiro atoms. The summed E-state index contributed by atoms with van der Waals surface area (Å²) in [6.07, 6.45) is 4.25. The fourth-order valence-corrected chi connectivity index (χ4v) is 8.71. The van der Waals surface area contributed by atoms with Crippen LogP contribution in [0.2, 0.25) is 0 Å². The van der Waals surface area contributed by atoms with Gasteiger partial charge in [-0.05, 0) is 55.6 Å². The number of carbonyl (C=O) groups excluding carboxylic acids is 4. The molecule has 3 aromatic rings. The highest BCUT2D eigenvalue weighted by Gasteiger charge is 2.62. The first-order chi connectivity index (χ1) is 26.1. The first-order valence-corrected chi connectivity index (χ1v) is 20.5. The monoisotopic (exact) mass is 771 g/mol. The Morgan fingerprint density at radius 2 is 1.78 bits per heavy atom. The van der Waals surface area contributed by atoms with Gasteiger partial charge in [0.25, 0.3) is 5.91 Å². The third kappa shape index (κ3) is 8.19. The molecule has 5 atom stereocenters. The van der Waals surface area contributed by atoms with Crippen LogP contribution in [0.3, 0.4) is 0 Å². The quantitative estimate of drug-likeness (QED) is 0.203. The number of ether oxygens (including phenoxy) is 2. The number of sulfonamides is 1. The van der Waals surface area contributed by atoms with Gasteiger partial charge in [0.1, 0.15) is 35.2 Å². The van der Waals surface area contributed by atoms with Crippen molar-refractivity contribution in [3.8, 4) is 22.8 Å². The van der Waals surface area contributed by atoms with Gasteiger partial charge in [-0.1, -0.05) is 57.2 Å². The summed E-state index contributed by atoms with van der Waals surface area (Å²) in [7, 11) is -2.32. The Hall–Kier alpha value is -4.98. The maximum absolute atomic E-state index is 14.6. The molecule has 3 saturated carbocycles. The predicted octanol–water partition coefficient (Wildman–Crippen LogP) is 4.26. The summed E-state index contributed by atoms with van der Waals surface area (Å²) >= 11 is 0. The van der Waals surface area contributed by atoms with Crippen molar-refractivity contribution in [1.82, 2.24) is 25.2 Å². The number of benzene rings is 2. The lowest BCUT2D eigenvalue weighted by Crippen LogP contribution is -2.60. The second kappa shape index (κ2) is 14.6. The highest BCUT2D eigenvalue weighted by Crippen LogP contribution is 2.46. The van der Waals surface area contributed by atoms with E-state index in [0.717, 1.165) is 18.4 Å². The van der Waals surface area contributed by atoms with Crippen LogP contribution in [0.1, 0.15) is 65.7 Å². The Morgan fingerprint density at radius 1 is 1.05 bits per heavy atom. The van der Waals surface area contributed by atoms with Gasteiger partial charge in [-0.2, -0.15) is 0 Å². The molecule has 0 radical (unpaired) electrons. The normalized spacial score (nSPS) is 24.1. The number of amides is 4. The van der Waals surface area contributed by atoms with Gasteiger partial charge < -0.3 is 25.0 Å². The molecule has 55 heavy (non-hydrogen) atoms. The zero-order valence-electron chi connectivity index (χ0n) is 31.7. The van der Waals surface area contributed by atoms with Crippen molar-refractivity contribution in [3.63, 3.8) is 0 Å². The number of carbonyl (C=O) groups is 4. The minimum absolute atomic E-state index is 0.00276. The van der Waals surface area contributed by atoms with E-state index in [1.165, 1.54) is 11.0 Å². The summed E-state index contributed by atoms with van der Waals surface area (Å²) < 4.78 is 39.9. The molecule has 4 fully saturated rings. The molecule has 4 amide bonds. The van der Waals surface area contributed by atoms with Gasteiger partial charge >= 0.3 is 0 Å². The van der Waals surface area contributed by atoms with Crippen molar-refractivity contribution in [3.05, 3.63) is 67.3 Å². The molecule has 1 saturated heterocycles. The van der Waals surface area contributed by atoms with E-state index < -0.39 is 68.1 Å². The van der Waals surface area contributed by atoms with E-state index in [2.05, 4.69) is 21.9 Å². The van der Waals surface area contributed by atoms with Crippen molar-refractivity contribution in [2.75, 3.05) is 13.7 Å². The SMILES string of the molecule is C=C[C@@H]1C[C@]1(NC(=O)C1C[C@@H](Oc2cc(-c3ccccc3)nc3cc(OC)ccc23)CN1C(=O)[C@@H](NC(=O)CC1CC1)C(C)(C)C)C(=O)NS(=O)(=O)C1CC1. The standard InChI is InChI=1S/C41H49N5O8S/c1-6-26-22-41(26,39(50)45-55(51,52)29-15-16-29)44-37(48)33-20-28(23-46(33)38(49)36(40(2,3)4)43-35(47)18-24-12-13-24)54-34-21-31(25-10-8-7-9-11-25)42-32-19-27(53-5)14-17-30(32)34/h6-11,14,17,19,21,24,26,28-29,33,36H,1,12-13,15-16,18,20,22-23H2,2-5H3,(H,43,47)(H,44,48)(H,45,50)/t26-,28-,33?,36-,41-/m1/s1. The van der Waals surface area contributed by atoms with Crippen molar-refractivity contribution in [2.45, 2.75) is 94.7 Å². The molecule has 2 heterocycles. The second-order valence-corrected chi connectivity index (χ2v) is 18.4. The van der Waals surface area contributed by atoms with E-state index >= 15 is 0 Å². The number of methoxy groups -OCH3 is 1. The molecule has 4 aliphatic rings. The first-order valence-electron chi connectivity index (χ1n) is 18.9. The van der Waals surface area contributed by atoms with Gasteiger partial charge in [0.05, 0.1) is 30.1 Å². The summed E-state index contributed by atoms with van der Waals surface area (Å²) in [6, 6.07) is 14.8. The lowest BCUT2D eigenvalue weighted by Gasteiger charge is -2.35. The Balaban J connectivity index is 1.21. The highest BCUT2D eigenvalue weighted by atomic mass is 32.2. The average molecular weight is 772 g/mol. The maximum Gasteiger partial charge on any atom is 0.259 e. The molecule has 1 unspecified atom stereocenters. The highest BCUT2D eigenvalue weighted by molar-refractivity contribution is 7.91. The Labute approximate surface area is 321 Å². The summed E-state index contributed by atoms with van der Waals surface area (Å²) in [5.41, 5.74) is -0.118. The number of hydrogen-bond donors (Lipinski definition) is 3. The molecule has 1 aromatic heterocycles. The zero-order valence-corrected chi connectivity index (χ0v) is 32.5. The third-order valence-corrected chi connectivity index (χ3v) is 12.8. The average Bonchev–Trinajstić information content (AvgIpc) is 4.05. The van der Waals surface area contributed by atoms with E-state index in [1.54, 1.807) is 13.2 Å². The van der Waals surface area contributed by atoms with Gasteiger partial charge in [0.2, 0.25) is 27.7 Å². The van der Waals surface area contributed by atoms with Crippen LogP contribution >= 0.6 is 0 Å². The van der Waals surface area contributed by atoms with E-state index in [4.69, 9.17) is 14.5 Å². The topological polar surface area (TPSA) is 173 Å². The summed E-state index contributed by atoms with van der Waals surface area (Å²) in [5, 5.41) is 5.86. The lowest BCUT2D eigenvalue weighted by molar-refractivity contribution is -0.144. The molecule has 2 aromatic carbocycles. The number of hydrogen-bond acceptors (Lipinski definition) is 9. The number of likely N-dealkylation sites (tertiary alicyclic amines) is 1. The Morgan fingerprint density at radius 3 is 2.40 bits per heavy atom. The second-order valence-electron chi connectivity index (χ2n) is 16.4. The molecular formula is C41H49N5O8S. The van der Waals surface area contributed by atoms with Gasteiger partial charge in [0, 0.05) is 41.8 Å². The number of nitrogens with zero attached hydrogens (tertiary/aromatic N) is 2. The van der Waals surface area contributed by atoms with Crippen LogP contribution in [-0.2, 0) is 29.2 Å². The van der Waals surface area contributed by atoms with Crippen LogP contribution in [0.5, 0.6) is 11.5 Å². The lowest BCUT2D eigenvalue weighted by atomic mass is 9.85. The number of fused-ring (bicyclic) bond motifs is 1. The summed E-state index contributed by atoms with van der Waals surface area (Å²) in [6.45, 7) is 9.37. The predicted molar refractivity (Wildman–Crippen MR) is 206 cm³/mol. The van der Waals surface area contributed by atoms with Crippen molar-refractivity contribution < 1.29 is 37.1 Å². The fraction of sp³-hybridized carbons (Fsp3) is 0.488. The smallest absolute Gasteiger partial charge is 0.259 e. The molecule has 292 valence electrons. The van der Waals surface area contributed by atoms with Crippen molar-refractivity contribution in [2.24, 2.45) is 17.3 Å². The zero-order chi connectivity index (χ0) is 39.3. The van der Waals surface area contributed by atoms with Crippen LogP contribution in [0, 0.1) is 17.3 Å². The molecule has 13 nitrogen and oxygen atoms in total. The van der Waals surface area contributed by atoms with Crippen LogP contribution in [0.25, 0.3) is 22.2 Å². The molecule has 1 aliphatic heterocycles. The number of pyridine rings is 1. The summed E-state index contributed by atoms with van der Waals surface area (Å²) in [5.74, 6) is -1.24. The van der Waals surface area contributed by atoms with Crippen LogP contribution in [0.4, 0.5) is 0 Å². The number of nitrogens with one attached hydrogen (secondary N) is 3. The van der Waals surface area contributed by atoms with Crippen LogP contribution < -0.4 is 24.8 Å². The van der Waals surface area contributed by atoms with E-state index in [-0.39, 0.29) is 25.3 Å².